The second-order valence-corrected chi connectivity index (χ2v) is 7.94. The Morgan fingerprint density at radius 2 is 2.19 bits per heavy atom. The maximum atomic E-state index is 12.5. The highest BCUT2D eigenvalue weighted by Crippen LogP contribution is 2.27. The topological polar surface area (TPSA) is 89.6 Å². The fraction of sp³-hybridized carbons (Fsp3) is 0.353. The summed E-state index contributed by atoms with van der Waals surface area (Å²) in [5, 5.41) is 3.45. The zero-order valence-corrected chi connectivity index (χ0v) is 15.8. The van der Waals surface area contributed by atoms with Crippen LogP contribution in [0.2, 0.25) is 5.02 Å². The first-order valence-corrected chi connectivity index (χ1v) is 10.0. The minimum atomic E-state index is -3.79. The van der Waals surface area contributed by atoms with Crippen LogP contribution in [0.15, 0.2) is 41.4 Å². The predicted octanol–water partition coefficient (Wildman–Crippen LogP) is 3.14. The third-order valence-electron chi connectivity index (χ3n) is 3.99. The summed E-state index contributed by atoms with van der Waals surface area (Å²) < 4.78 is 37.9. The summed E-state index contributed by atoms with van der Waals surface area (Å²) in [4.78, 5) is 4.17. The third-order valence-corrected chi connectivity index (χ3v) is 5.64. The van der Waals surface area contributed by atoms with Gasteiger partial charge in [0.15, 0.2) is 0 Å². The molecule has 3 rings (SSSR count). The van der Waals surface area contributed by atoms with Crippen LogP contribution in [-0.2, 0) is 14.8 Å². The SMILES string of the molecule is COc1ccc(S(=O)(=O)Nc2ccc(NCC3CCCO3)cn2)cc1Cl. The second kappa shape index (κ2) is 8.11. The lowest BCUT2D eigenvalue weighted by Crippen LogP contribution is -2.18. The van der Waals surface area contributed by atoms with E-state index in [4.69, 9.17) is 21.1 Å². The van der Waals surface area contributed by atoms with Gasteiger partial charge in [0.1, 0.15) is 11.6 Å². The lowest BCUT2D eigenvalue weighted by Gasteiger charge is -2.12. The maximum Gasteiger partial charge on any atom is 0.263 e. The summed E-state index contributed by atoms with van der Waals surface area (Å²) in [7, 11) is -2.33. The van der Waals surface area contributed by atoms with Crippen LogP contribution in [0.25, 0.3) is 0 Å². The van der Waals surface area contributed by atoms with Crippen molar-refractivity contribution in [1.29, 1.82) is 0 Å². The second-order valence-electron chi connectivity index (χ2n) is 5.85. The molecule has 2 aromatic rings. The minimum absolute atomic E-state index is 0.0330. The molecule has 1 atom stereocenters. The minimum Gasteiger partial charge on any atom is -0.495 e. The summed E-state index contributed by atoms with van der Waals surface area (Å²) in [6.45, 7) is 1.51. The van der Waals surface area contributed by atoms with E-state index in [1.54, 1.807) is 18.3 Å². The molecule has 0 saturated carbocycles. The molecule has 140 valence electrons. The molecule has 1 aromatic carbocycles. The van der Waals surface area contributed by atoms with Crippen molar-refractivity contribution in [3.8, 4) is 5.75 Å². The van der Waals surface area contributed by atoms with Crippen molar-refractivity contribution in [2.45, 2.75) is 23.8 Å². The largest absolute Gasteiger partial charge is 0.495 e. The summed E-state index contributed by atoms with van der Waals surface area (Å²) in [5.41, 5.74) is 0.802. The first kappa shape index (κ1) is 18.8. The molecule has 0 radical (unpaired) electrons. The van der Waals surface area contributed by atoms with Crippen molar-refractivity contribution in [3.63, 3.8) is 0 Å². The van der Waals surface area contributed by atoms with Gasteiger partial charge in [-0.1, -0.05) is 11.6 Å². The highest BCUT2D eigenvalue weighted by atomic mass is 35.5. The number of methoxy groups -OCH3 is 1. The Kier molecular flexibility index (Phi) is 5.85. The number of halogens is 1. The van der Waals surface area contributed by atoms with Crippen LogP contribution in [0.3, 0.4) is 0 Å². The average molecular weight is 398 g/mol. The van der Waals surface area contributed by atoms with Gasteiger partial charge in [-0.05, 0) is 43.2 Å². The Morgan fingerprint density at radius 1 is 1.35 bits per heavy atom. The van der Waals surface area contributed by atoms with Gasteiger partial charge in [0.2, 0.25) is 0 Å². The van der Waals surface area contributed by atoms with Gasteiger partial charge in [-0.15, -0.1) is 0 Å². The highest BCUT2D eigenvalue weighted by molar-refractivity contribution is 7.92. The zero-order chi connectivity index (χ0) is 18.6. The van der Waals surface area contributed by atoms with Crippen LogP contribution in [0.1, 0.15) is 12.8 Å². The van der Waals surface area contributed by atoms with Gasteiger partial charge < -0.3 is 14.8 Å². The molecule has 1 saturated heterocycles. The Morgan fingerprint density at radius 3 is 2.81 bits per heavy atom. The quantitative estimate of drug-likeness (QED) is 0.746. The smallest absolute Gasteiger partial charge is 0.263 e. The van der Waals surface area contributed by atoms with Crippen LogP contribution in [0.5, 0.6) is 5.75 Å². The van der Waals surface area contributed by atoms with Gasteiger partial charge >= 0.3 is 0 Å². The molecular weight excluding hydrogens is 378 g/mol. The van der Waals surface area contributed by atoms with Crippen molar-refractivity contribution in [2.24, 2.45) is 0 Å². The fourth-order valence-corrected chi connectivity index (χ4v) is 3.96. The number of pyridine rings is 1. The molecular formula is C17H20ClN3O4S. The van der Waals surface area contributed by atoms with E-state index in [0.29, 0.717) is 12.3 Å². The lowest BCUT2D eigenvalue weighted by atomic mass is 10.2. The number of aromatic nitrogens is 1. The van der Waals surface area contributed by atoms with E-state index in [1.165, 1.54) is 25.3 Å². The molecule has 1 aromatic heterocycles. The first-order chi connectivity index (χ1) is 12.5. The van der Waals surface area contributed by atoms with Gasteiger partial charge in [-0.3, -0.25) is 4.72 Å². The van der Waals surface area contributed by atoms with Crippen LogP contribution >= 0.6 is 11.6 Å². The summed E-state index contributed by atoms with van der Waals surface area (Å²) >= 11 is 6.00. The van der Waals surface area contributed by atoms with Crippen molar-refractivity contribution < 1.29 is 17.9 Å². The molecule has 1 fully saturated rings. The molecule has 1 unspecified atom stereocenters. The van der Waals surface area contributed by atoms with Crippen molar-refractivity contribution in [3.05, 3.63) is 41.6 Å². The van der Waals surface area contributed by atoms with Crippen LogP contribution in [0.4, 0.5) is 11.5 Å². The number of hydrogen-bond donors (Lipinski definition) is 2. The monoisotopic (exact) mass is 397 g/mol. The Balaban J connectivity index is 1.64. The van der Waals surface area contributed by atoms with Crippen LogP contribution in [-0.4, -0.2) is 39.8 Å². The molecule has 1 aliphatic rings. The first-order valence-electron chi connectivity index (χ1n) is 8.16. The van der Waals surface area contributed by atoms with E-state index in [0.717, 1.165) is 25.1 Å². The van der Waals surface area contributed by atoms with E-state index in [1.807, 2.05) is 0 Å². The third kappa shape index (κ3) is 4.57. The molecule has 0 spiro atoms. The molecule has 1 aliphatic heterocycles. The zero-order valence-electron chi connectivity index (χ0n) is 14.2. The molecule has 26 heavy (non-hydrogen) atoms. The highest BCUT2D eigenvalue weighted by Gasteiger charge is 2.17. The van der Waals surface area contributed by atoms with Crippen molar-refractivity contribution in [1.82, 2.24) is 4.98 Å². The normalized spacial score (nSPS) is 17.1. The number of anilines is 2. The van der Waals surface area contributed by atoms with Gasteiger partial charge in [-0.25, -0.2) is 13.4 Å². The van der Waals surface area contributed by atoms with Gasteiger partial charge in [-0.2, -0.15) is 0 Å². The molecule has 0 aliphatic carbocycles. The van der Waals surface area contributed by atoms with Gasteiger partial charge in [0, 0.05) is 13.2 Å². The standard InChI is InChI=1S/C17H20ClN3O4S/c1-24-16-6-5-14(9-15(16)18)26(22,23)21-17-7-4-12(10-20-17)19-11-13-3-2-8-25-13/h4-7,9-10,13,19H,2-3,8,11H2,1H3,(H,20,21). The fourth-order valence-electron chi connectivity index (χ4n) is 2.61. The molecule has 0 bridgehead atoms. The Hall–Kier alpha value is -2.03. The number of ether oxygens (including phenoxy) is 2. The number of nitrogens with zero attached hydrogens (tertiary/aromatic N) is 1. The molecule has 2 heterocycles. The van der Waals surface area contributed by atoms with E-state index >= 15 is 0 Å². The van der Waals surface area contributed by atoms with E-state index in [9.17, 15) is 8.42 Å². The lowest BCUT2D eigenvalue weighted by molar-refractivity contribution is 0.120. The van der Waals surface area contributed by atoms with E-state index in [-0.39, 0.29) is 21.8 Å². The maximum absolute atomic E-state index is 12.5. The van der Waals surface area contributed by atoms with Crippen LogP contribution in [0, 0.1) is 0 Å². The Bertz CT molecular complexity index is 853. The number of hydrogen-bond acceptors (Lipinski definition) is 6. The summed E-state index contributed by atoms with van der Waals surface area (Å²) in [5.74, 6) is 0.630. The number of benzene rings is 1. The average Bonchev–Trinajstić information content (AvgIpc) is 3.14. The van der Waals surface area contributed by atoms with Gasteiger partial charge in [0.25, 0.3) is 10.0 Å². The van der Waals surface area contributed by atoms with E-state index < -0.39 is 10.0 Å². The molecule has 2 N–H and O–H groups in total. The molecule has 0 amide bonds. The molecule has 9 heteroatoms. The van der Waals surface area contributed by atoms with Crippen LogP contribution < -0.4 is 14.8 Å². The summed E-state index contributed by atoms with van der Waals surface area (Å²) in [6, 6.07) is 7.62. The summed E-state index contributed by atoms with van der Waals surface area (Å²) in [6.07, 6.45) is 3.92. The number of nitrogens with one attached hydrogen (secondary N) is 2. The van der Waals surface area contributed by atoms with E-state index in [2.05, 4.69) is 15.0 Å². The Labute approximate surface area is 157 Å². The molecule has 7 nitrogen and oxygen atoms in total. The number of rotatable bonds is 7. The number of sulfonamides is 1. The van der Waals surface area contributed by atoms with Crippen molar-refractivity contribution in [2.75, 3.05) is 30.3 Å². The van der Waals surface area contributed by atoms with Gasteiger partial charge in [0.05, 0.1) is 35.0 Å². The predicted molar refractivity (Wildman–Crippen MR) is 101 cm³/mol. The van der Waals surface area contributed by atoms with Crippen molar-refractivity contribution >= 4 is 33.1 Å².